The zero-order valence-electron chi connectivity index (χ0n) is 11.6. The van der Waals surface area contributed by atoms with Crippen LogP contribution in [0.4, 0.5) is 0 Å². The Kier molecular flexibility index (Phi) is 7.53. The molecule has 1 N–H and O–H groups in total. The lowest BCUT2D eigenvalue weighted by molar-refractivity contribution is -0.143. The van der Waals surface area contributed by atoms with Crippen molar-refractivity contribution < 1.29 is 9.53 Å². The van der Waals surface area contributed by atoms with Crippen LogP contribution < -0.4 is 5.32 Å². The summed E-state index contributed by atoms with van der Waals surface area (Å²) in [6.07, 6.45) is 2.56. The molecule has 0 aliphatic rings. The maximum Gasteiger partial charge on any atom is 0.307 e. The summed E-state index contributed by atoms with van der Waals surface area (Å²) in [4.78, 5) is 11.6. The van der Waals surface area contributed by atoms with E-state index >= 15 is 0 Å². The van der Waals surface area contributed by atoms with Gasteiger partial charge >= 0.3 is 5.97 Å². The molecule has 0 bridgehead atoms. The minimum absolute atomic E-state index is 0.0112. The first kappa shape index (κ1) is 16.0. The minimum atomic E-state index is -0.175. The SMILES string of the molecule is CCCCNC(CC(=O)OCC)c1ccc(Cl)cc1. The van der Waals surface area contributed by atoms with Crippen molar-refractivity contribution in [2.45, 2.75) is 39.2 Å². The monoisotopic (exact) mass is 283 g/mol. The van der Waals surface area contributed by atoms with Crippen molar-refractivity contribution in [2.24, 2.45) is 0 Å². The number of carbonyl (C=O) groups is 1. The Morgan fingerprint density at radius 2 is 2.00 bits per heavy atom. The lowest BCUT2D eigenvalue weighted by atomic mass is 10.0. The van der Waals surface area contributed by atoms with E-state index in [1.807, 2.05) is 31.2 Å². The molecule has 3 nitrogen and oxygen atoms in total. The molecule has 0 aliphatic carbocycles. The predicted molar refractivity (Wildman–Crippen MR) is 78.4 cm³/mol. The Morgan fingerprint density at radius 1 is 1.32 bits per heavy atom. The second-order valence-electron chi connectivity index (χ2n) is 4.42. The first-order valence-electron chi connectivity index (χ1n) is 6.81. The minimum Gasteiger partial charge on any atom is -0.466 e. The number of hydrogen-bond donors (Lipinski definition) is 1. The van der Waals surface area contributed by atoms with Crippen LogP contribution in [-0.2, 0) is 9.53 Å². The van der Waals surface area contributed by atoms with Crippen LogP contribution in [0, 0.1) is 0 Å². The van der Waals surface area contributed by atoms with Crippen LogP contribution in [0.15, 0.2) is 24.3 Å². The van der Waals surface area contributed by atoms with E-state index in [1.165, 1.54) is 0 Å². The highest BCUT2D eigenvalue weighted by Crippen LogP contribution is 2.20. The first-order valence-corrected chi connectivity index (χ1v) is 7.19. The van der Waals surface area contributed by atoms with E-state index in [0.29, 0.717) is 18.1 Å². The molecule has 1 rings (SSSR count). The smallest absolute Gasteiger partial charge is 0.307 e. The fraction of sp³-hybridized carbons (Fsp3) is 0.533. The van der Waals surface area contributed by atoms with Gasteiger partial charge in [-0.2, -0.15) is 0 Å². The van der Waals surface area contributed by atoms with E-state index in [9.17, 15) is 4.79 Å². The third-order valence-electron chi connectivity index (χ3n) is 2.87. The predicted octanol–water partition coefficient (Wildman–Crippen LogP) is 3.72. The molecule has 1 aromatic carbocycles. The number of unbranched alkanes of at least 4 members (excludes halogenated alkanes) is 1. The number of halogens is 1. The van der Waals surface area contributed by atoms with Crippen LogP contribution in [0.5, 0.6) is 0 Å². The molecule has 1 atom stereocenters. The number of nitrogens with one attached hydrogen (secondary N) is 1. The summed E-state index contributed by atoms with van der Waals surface area (Å²) < 4.78 is 5.02. The second-order valence-corrected chi connectivity index (χ2v) is 4.86. The summed E-state index contributed by atoms with van der Waals surface area (Å²) in [6.45, 7) is 5.27. The summed E-state index contributed by atoms with van der Waals surface area (Å²) >= 11 is 5.89. The standard InChI is InChI=1S/C15H22ClNO2/c1-3-5-10-17-14(11-15(18)19-4-2)12-6-8-13(16)9-7-12/h6-9,14,17H,3-5,10-11H2,1-2H3. The topological polar surface area (TPSA) is 38.3 Å². The number of benzene rings is 1. The van der Waals surface area contributed by atoms with Crippen LogP contribution in [0.2, 0.25) is 5.02 Å². The van der Waals surface area contributed by atoms with Gasteiger partial charge in [-0.15, -0.1) is 0 Å². The van der Waals surface area contributed by atoms with E-state index < -0.39 is 0 Å². The zero-order valence-corrected chi connectivity index (χ0v) is 12.4. The van der Waals surface area contributed by atoms with Gasteiger partial charge < -0.3 is 10.1 Å². The molecule has 1 aromatic rings. The molecule has 0 saturated heterocycles. The van der Waals surface area contributed by atoms with Gasteiger partial charge in [0.25, 0.3) is 0 Å². The van der Waals surface area contributed by atoms with Gasteiger partial charge in [0.2, 0.25) is 0 Å². The summed E-state index contributed by atoms with van der Waals surface area (Å²) in [5, 5.41) is 4.10. The van der Waals surface area contributed by atoms with Gasteiger partial charge in [0.05, 0.1) is 13.0 Å². The molecule has 0 fully saturated rings. The van der Waals surface area contributed by atoms with Gasteiger partial charge in [-0.3, -0.25) is 4.79 Å². The molecule has 0 radical (unpaired) electrons. The van der Waals surface area contributed by atoms with Gasteiger partial charge in [-0.1, -0.05) is 37.1 Å². The molecule has 106 valence electrons. The van der Waals surface area contributed by atoms with Crippen molar-refractivity contribution in [1.82, 2.24) is 5.32 Å². The summed E-state index contributed by atoms with van der Waals surface area (Å²) in [5.74, 6) is -0.175. The quantitative estimate of drug-likeness (QED) is 0.584. The van der Waals surface area contributed by atoms with Crippen molar-refractivity contribution in [1.29, 1.82) is 0 Å². The maximum absolute atomic E-state index is 11.6. The molecule has 0 aliphatic heterocycles. The maximum atomic E-state index is 11.6. The molecule has 0 amide bonds. The fourth-order valence-corrected chi connectivity index (χ4v) is 1.97. The van der Waals surface area contributed by atoms with Crippen molar-refractivity contribution >= 4 is 17.6 Å². The van der Waals surface area contributed by atoms with Crippen LogP contribution in [0.3, 0.4) is 0 Å². The lowest BCUT2D eigenvalue weighted by Crippen LogP contribution is -2.25. The molecule has 0 spiro atoms. The second kappa shape index (κ2) is 8.94. The Balaban J connectivity index is 2.67. The third-order valence-corrected chi connectivity index (χ3v) is 3.12. The Hall–Kier alpha value is -1.06. The van der Waals surface area contributed by atoms with Gasteiger partial charge in [0, 0.05) is 11.1 Å². The average molecular weight is 284 g/mol. The molecule has 0 aromatic heterocycles. The highest BCUT2D eigenvalue weighted by molar-refractivity contribution is 6.30. The van der Waals surface area contributed by atoms with Crippen LogP contribution >= 0.6 is 11.6 Å². The summed E-state index contributed by atoms with van der Waals surface area (Å²) in [7, 11) is 0. The van der Waals surface area contributed by atoms with Crippen LogP contribution in [-0.4, -0.2) is 19.1 Å². The number of hydrogen-bond acceptors (Lipinski definition) is 3. The highest BCUT2D eigenvalue weighted by atomic mass is 35.5. The Morgan fingerprint density at radius 3 is 2.58 bits per heavy atom. The Bertz CT molecular complexity index is 378. The first-order chi connectivity index (χ1) is 9.17. The molecular weight excluding hydrogens is 262 g/mol. The third kappa shape index (κ3) is 6.08. The zero-order chi connectivity index (χ0) is 14.1. The highest BCUT2D eigenvalue weighted by Gasteiger charge is 2.16. The van der Waals surface area contributed by atoms with Crippen molar-refractivity contribution in [2.75, 3.05) is 13.2 Å². The number of rotatable bonds is 8. The fourth-order valence-electron chi connectivity index (χ4n) is 1.84. The molecule has 4 heteroatoms. The normalized spacial score (nSPS) is 12.2. The van der Waals surface area contributed by atoms with Crippen LogP contribution in [0.25, 0.3) is 0 Å². The molecular formula is C15H22ClNO2. The van der Waals surface area contributed by atoms with Gasteiger partial charge in [0.1, 0.15) is 0 Å². The van der Waals surface area contributed by atoms with E-state index in [4.69, 9.17) is 16.3 Å². The molecule has 0 heterocycles. The number of ether oxygens (including phenoxy) is 1. The van der Waals surface area contributed by atoms with Crippen molar-refractivity contribution in [3.63, 3.8) is 0 Å². The molecule has 1 unspecified atom stereocenters. The number of esters is 1. The summed E-state index contributed by atoms with van der Waals surface area (Å²) in [6, 6.07) is 7.58. The van der Waals surface area contributed by atoms with Gasteiger partial charge in [0.15, 0.2) is 0 Å². The van der Waals surface area contributed by atoms with Gasteiger partial charge in [-0.25, -0.2) is 0 Å². The van der Waals surface area contributed by atoms with Gasteiger partial charge in [-0.05, 0) is 37.6 Å². The average Bonchev–Trinajstić information content (AvgIpc) is 2.39. The van der Waals surface area contributed by atoms with E-state index in [1.54, 1.807) is 0 Å². The van der Waals surface area contributed by atoms with E-state index in [-0.39, 0.29) is 12.0 Å². The van der Waals surface area contributed by atoms with Crippen LogP contribution in [0.1, 0.15) is 44.7 Å². The molecule has 0 saturated carbocycles. The van der Waals surface area contributed by atoms with E-state index in [0.717, 1.165) is 24.9 Å². The molecule has 19 heavy (non-hydrogen) atoms. The summed E-state index contributed by atoms with van der Waals surface area (Å²) in [5.41, 5.74) is 1.06. The largest absolute Gasteiger partial charge is 0.466 e. The number of carbonyl (C=O) groups excluding carboxylic acids is 1. The van der Waals surface area contributed by atoms with Crippen molar-refractivity contribution in [3.05, 3.63) is 34.9 Å². The van der Waals surface area contributed by atoms with E-state index in [2.05, 4.69) is 12.2 Å². The van der Waals surface area contributed by atoms with Crippen molar-refractivity contribution in [3.8, 4) is 0 Å². The Labute approximate surface area is 120 Å². The lowest BCUT2D eigenvalue weighted by Gasteiger charge is -2.18.